The second-order valence-corrected chi connectivity index (χ2v) is 11.3. The van der Waals surface area contributed by atoms with Gasteiger partial charge in [-0.05, 0) is 61.1 Å². The lowest BCUT2D eigenvalue weighted by Gasteiger charge is -2.34. The largest absolute Gasteiger partial charge is 0.352 e. The Bertz CT molecular complexity index is 1260. The summed E-state index contributed by atoms with van der Waals surface area (Å²) >= 11 is 12.7. The highest BCUT2D eigenvalue weighted by molar-refractivity contribution is 6.35. The van der Waals surface area contributed by atoms with E-state index in [-0.39, 0.29) is 30.8 Å². The topological polar surface area (TPSA) is 49.4 Å². The second kappa shape index (κ2) is 13.3. The molecule has 0 saturated heterocycles. The summed E-state index contributed by atoms with van der Waals surface area (Å²) < 4.78 is 0. The summed E-state index contributed by atoms with van der Waals surface area (Å²) in [5, 5.41) is 4.29. The number of amides is 2. The molecule has 0 bridgehead atoms. The molecule has 0 heterocycles. The molecule has 1 N–H and O–H groups in total. The molecule has 3 aromatic rings. The molecule has 2 amide bonds. The molecule has 4 nitrogen and oxygen atoms in total. The number of nitrogens with one attached hydrogen (secondary N) is 1. The van der Waals surface area contributed by atoms with Gasteiger partial charge in [-0.15, -0.1) is 0 Å². The van der Waals surface area contributed by atoms with E-state index in [1.165, 1.54) is 6.42 Å². The molecule has 200 valence electrons. The van der Waals surface area contributed by atoms with Crippen molar-refractivity contribution >= 4 is 35.0 Å². The van der Waals surface area contributed by atoms with Gasteiger partial charge in [0.15, 0.2) is 0 Å². The monoisotopic (exact) mass is 550 g/mol. The minimum absolute atomic E-state index is 0.107. The van der Waals surface area contributed by atoms with Gasteiger partial charge in [-0.2, -0.15) is 0 Å². The lowest BCUT2D eigenvalue weighted by atomic mass is 9.94. The quantitative estimate of drug-likeness (QED) is 0.305. The lowest BCUT2D eigenvalue weighted by molar-refractivity contribution is -0.141. The number of aryl methyl sites for hydroxylation is 2. The van der Waals surface area contributed by atoms with Crippen LogP contribution in [0.3, 0.4) is 0 Å². The molecule has 1 aliphatic rings. The average Bonchev–Trinajstić information content (AvgIpc) is 2.90. The molecule has 38 heavy (non-hydrogen) atoms. The first-order chi connectivity index (χ1) is 18.3. The third-order valence-corrected chi connectivity index (χ3v) is 8.01. The summed E-state index contributed by atoms with van der Waals surface area (Å²) in [4.78, 5) is 29.7. The van der Waals surface area contributed by atoms with E-state index in [9.17, 15) is 9.59 Å². The van der Waals surface area contributed by atoms with Gasteiger partial charge < -0.3 is 10.2 Å². The summed E-state index contributed by atoms with van der Waals surface area (Å²) in [5.74, 6) is -0.218. The van der Waals surface area contributed by atoms with Crippen LogP contribution in [-0.2, 0) is 29.0 Å². The van der Waals surface area contributed by atoms with Gasteiger partial charge in [0.25, 0.3) is 0 Å². The zero-order chi connectivity index (χ0) is 27.1. The van der Waals surface area contributed by atoms with Crippen LogP contribution < -0.4 is 5.32 Å². The van der Waals surface area contributed by atoms with E-state index in [4.69, 9.17) is 23.2 Å². The van der Waals surface area contributed by atoms with Crippen molar-refractivity contribution in [3.8, 4) is 0 Å². The Morgan fingerprint density at radius 3 is 2.37 bits per heavy atom. The van der Waals surface area contributed by atoms with Crippen LogP contribution >= 0.6 is 23.2 Å². The minimum atomic E-state index is -0.677. The van der Waals surface area contributed by atoms with Crippen molar-refractivity contribution in [1.82, 2.24) is 10.2 Å². The van der Waals surface area contributed by atoms with Gasteiger partial charge in [0.05, 0.1) is 6.42 Å². The highest BCUT2D eigenvalue weighted by Gasteiger charge is 2.32. The molecule has 4 rings (SSSR count). The molecular formula is C32H36Cl2N2O2. The van der Waals surface area contributed by atoms with Crippen molar-refractivity contribution in [1.29, 1.82) is 0 Å². The molecule has 0 aliphatic heterocycles. The maximum absolute atomic E-state index is 14.1. The maximum Gasteiger partial charge on any atom is 0.243 e. The first kappa shape index (κ1) is 28.2. The van der Waals surface area contributed by atoms with Crippen LogP contribution in [0.1, 0.15) is 59.9 Å². The van der Waals surface area contributed by atoms with Crippen LogP contribution in [0.2, 0.25) is 10.0 Å². The van der Waals surface area contributed by atoms with Gasteiger partial charge >= 0.3 is 0 Å². The maximum atomic E-state index is 14.1. The van der Waals surface area contributed by atoms with Gasteiger partial charge in [0, 0.05) is 29.1 Å². The first-order valence-electron chi connectivity index (χ1n) is 13.4. The van der Waals surface area contributed by atoms with Crippen molar-refractivity contribution in [3.63, 3.8) is 0 Å². The highest BCUT2D eigenvalue weighted by atomic mass is 35.5. The Hall–Kier alpha value is -2.82. The van der Waals surface area contributed by atoms with Gasteiger partial charge in [0.1, 0.15) is 6.04 Å². The van der Waals surface area contributed by atoms with Crippen molar-refractivity contribution in [2.75, 3.05) is 0 Å². The van der Waals surface area contributed by atoms with Crippen LogP contribution in [0.25, 0.3) is 0 Å². The van der Waals surface area contributed by atoms with E-state index < -0.39 is 6.04 Å². The summed E-state index contributed by atoms with van der Waals surface area (Å²) in [6.07, 6.45) is 6.01. The summed E-state index contributed by atoms with van der Waals surface area (Å²) in [6.45, 7) is 4.25. The van der Waals surface area contributed by atoms with Crippen LogP contribution in [0.4, 0.5) is 0 Å². The Morgan fingerprint density at radius 1 is 0.921 bits per heavy atom. The van der Waals surface area contributed by atoms with E-state index in [2.05, 4.69) is 11.4 Å². The molecule has 0 radical (unpaired) electrons. The average molecular weight is 552 g/mol. The molecule has 1 atom stereocenters. The number of hydrogen-bond acceptors (Lipinski definition) is 2. The molecule has 3 aromatic carbocycles. The summed E-state index contributed by atoms with van der Waals surface area (Å²) in [6, 6.07) is 20.8. The second-order valence-electron chi connectivity index (χ2n) is 10.4. The predicted octanol–water partition coefficient (Wildman–Crippen LogP) is 7.24. The molecule has 0 spiro atoms. The molecule has 1 fully saturated rings. The van der Waals surface area contributed by atoms with Crippen LogP contribution in [0, 0.1) is 13.8 Å². The number of hydrogen-bond donors (Lipinski definition) is 1. The fraction of sp³-hybridized carbons (Fsp3) is 0.375. The Balaban J connectivity index is 1.70. The summed E-state index contributed by atoms with van der Waals surface area (Å²) in [7, 11) is 0. The number of benzene rings is 3. The van der Waals surface area contributed by atoms with Crippen molar-refractivity contribution < 1.29 is 9.59 Å². The van der Waals surface area contributed by atoms with E-state index in [1.54, 1.807) is 17.0 Å². The normalized spacial score (nSPS) is 14.6. The fourth-order valence-corrected chi connectivity index (χ4v) is 5.66. The van der Waals surface area contributed by atoms with Crippen LogP contribution in [-0.4, -0.2) is 28.8 Å². The smallest absolute Gasteiger partial charge is 0.243 e. The van der Waals surface area contributed by atoms with Gasteiger partial charge in [-0.25, -0.2) is 0 Å². The van der Waals surface area contributed by atoms with E-state index in [1.807, 2.05) is 62.4 Å². The minimum Gasteiger partial charge on any atom is -0.352 e. The number of carbonyl (C=O) groups is 2. The van der Waals surface area contributed by atoms with E-state index >= 15 is 0 Å². The summed E-state index contributed by atoms with van der Waals surface area (Å²) in [5.41, 5.74) is 4.88. The highest BCUT2D eigenvalue weighted by Crippen LogP contribution is 2.26. The SMILES string of the molecule is Cc1ccc(C)c(CC(=O)N(Cc2ccc(Cl)cc2Cl)[C@H](Cc2ccccc2)C(=O)NC2CCCCC2)c1. The van der Waals surface area contributed by atoms with Crippen LogP contribution in [0.5, 0.6) is 0 Å². The predicted molar refractivity (Wildman–Crippen MR) is 156 cm³/mol. The number of halogens is 2. The van der Waals surface area contributed by atoms with Crippen molar-refractivity contribution in [2.45, 2.75) is 77.4 Å². The lowest BCUT2D eigenvalue weighted by Crippen LogP contribution is -2.53. The fourth-order valence-electron chi connectivity index (χ4n) is 5.19. The standard InChI is InChI=1S/C32H36Cl2N2O2/c1-22-13-14-23(2)26(17-22)19-31(37)36(21-25-15-16-27(33)20-29(25)34)30(18-24-9-5-3-6-10-24)32(38)35-28-11-7-4-8-12-28/h3,5-6,9-10,13-17,20,28,30H,4,7-8,11-12,18-19,21H2,1-2H3,(H,35,38)/t30-/m1/s1. The Labute approximate surface area is 236 Å². The van der Waals surface area contributed by atoms with Crippen molar-refractivity contribution in [2.24, 2.45) is 0 Å². The number of carbonyl (C=O) groups excluding carboxylic acids is 2. The molecular weight excluding hydrogens is 515 g/mol. The zero-order valence-electron chi connectivity index (χ0n) is 22.2. The Morgan fingerprint density at radius 2 is 1.66 bits per heavy atom. The van der Waals surface area contributed by atoms with E-state index in [0.717, 1.165) is 53.5 Å². The van der Waals surface area contributed by atoms with Crippen LogP contribution in [0.15, 0.2) is 66.7 Å². The van der Waals surface area contributed by atoms with E-state index in [0.29, 0.717) is 16.5 Å². The third kappa shape index (κ3) is 7.61. The van der Waals surface area contributed by atoms with Crippen molar-refractivity contribution in [3.05, 3.63) is 105 Å². The Kier molecular flexibility index (Phi) is 9.87. The number of rotatable bonds is 9. The first-order valence-corrected chi connectivity index (χ1v) is 14.2. The number of nitrogens with zero attached hydrogens (tertiary/aromatic N) is 1. The molecule has 1 saturated carbocycles. The molecule has 6 heteroatoms. The zero-order valence-corrected chi connectivity index (χ0v) is 23.7. The molecule has 0 aromatic heterocycles. The van der Waals surface area contributed by atoms with Gasteiger partial charge in [0.2, 0.25) is 11.8 Å². The molecule has 1 aliphatic carbocycles. The third-order valence-electron chi connectivity index (χ3n) is 7.42. The molecule has 0 unspecified atom stereocenters. The van der Waals surface area contributed by atoms with Gasteiger partial charge in [-0.3, -0.25) is 9.59 Å². The van der Waals surface area contributed by atoms with Gasteiger partial charge in [-0.1, -0.05) is 103 Å².